The first kappa shape index (κ1) is 20.7. The van der Waals surface area contributed by atoms with E-state index in [1.54, 1.807) is 7.11 Å². The Morgan fingerprint density at radius 3 is 2.55 bits per heavy atom. The summed E-state index contributed by atoms with van der Waals surface area (Å²) in [5, 5.41) is 12.3. The third-order valence-corrected chi connectivity index (χ3v) is 5.57. The van der Waals surface area contributed by atoms with E-state index in [1.807, 2.05) is 89.3 Å². The molecular formula is C23H23N5O2S. The number of hydrogen-bond acceptors (Lipinski definition) is 5. The zero-order valence-corrected chi connectivity index (χ0v) is 18.2. The van der Waals surface area contributed by atoms with Crippen LogP contribution in [0.25, 0.3) is 0 Å². The van der Waals surface area contributed by atoms with E-state index in [0.717, 1.165) is 28.4 Å². The van der Waals surface area contributed by atoms with Crippen molar-refractivity contribution in [2.24, 2.45) is 0 Å². The molecule has 1 N–H and O–H groups in total. The Labute approximate surface area is 185 Å². The van der Waals surface area contributed by atoms with Crippen molar-refractivity contribution < 1.29 is 9.53 Å². The SMILES string of the molecule is COc1ccc(Cc2nnc(SCC(=O)Nc3cccc(C)c3)n2-n2cccc2)cc1. The van der Waals surface area contributed by atoms with Crippen molar-refractivity contribution in [3.05, 3.63) is 90.0 Å². The molecule has 4 rings (SSSR count). The smallest absolute Gasteiger partial charge is 0.234 e. The second kappa shape index (κ2) is 9.53. The van der Waals surface area contributed by atoms with E-state index < -0.39 is 0 Å². The van der Waals surface area contributed by atoms with Gasteiger partial charge in [-0.2, -0.15) is 0 Å². The van der Waals surface area contributed by atoms with Crippen molar-refractivity contribution in [2.45, 2.75) is 18.5 Å². The highest BCUT2D eigenvalue weighted by Gasteiger charge is 2.16. The molecule has 0 bridgehead atoms. The first-order valence-corrected chi connectivity index (χ1v) is 10.8. The Morgan fingerprint density at radius 1 is 1.06 bits per heavy atom. The highest BCUT2D eigenvalue weighted by Crippen LogP contribution is 2.21. The van der Waals surface area contributed by atoms with Crippen LogP contribution in [0.15, 0.2) is 78.2 Å². The molecule has 0 aliphatic heterocycles. The Morgan fingerprint density at radius 2 is 1.84 bits per heavy atom. The first-order valence-electron chi connectivity index (χ1n) is 9.82. The summed E-state index contributed by atoms with van der Waals surface area (Å²) in [4.78, 5) is 12.4. The van der Waals surface area contributed by atoms with Gasteiger partial charge < -0.3 is 10.1 Å². The average molecular weight is 434 g/mol. The van der Waals surface area contributed by atoms with Crippen LogP contribution in [0.1, 0.15) is 17.0 Å². The van der Waals surface area contributed by atoms with Gasteiger partial charge in [0.15, 0.2) is 5.82 Å². The van der Waals surface area contributed by atoms with Crippen molar-refractivity contribution >= 4 is 23.4 Å². The highest BCUT2D eigenvalue weighted by atomic mass is 32.2. The van der Waals surface area contributed by atoms with Crippen LogP contribution in [0.4, 0.5) is 5.69 Å². The van der Waals surface area contributed by atoms with Crippen LogP contribution < -0.4 is 10.1 Å². The van der Waals surface area contributed by atoms with Crippen LogP contribution in [0, 0.1) is 6.92 Å². The second-order valence-electron chi connectivity index (χ2n) is 7.00. The Balaban J connectivity index is 1.50. The average Bonchev–Trinajstić information content (AvgIpc) is 3.42. The first-order chi connectivity index (χ1) is 15.1. The van der Waals surface area contributed by atoms with Gasteiger partial charge in [0.05, 0.1) is 12.9 Å². The lowest BCUT2D eigenvalue weighted by molar-refractivity contribution is -0.113. The number of amides is 1. The number of carbonyl (C=O) groups is 1. The maximum Gasteiger partial charge on any atom is 0.234 e. The summed E-state index contributed by atoms with van der Waals surface area (Å²) in [6.45, 7) is 1.99. The van der Waals surface area contributed by atoms with Gasteiger partial charge in [0, 0.05) is 24.5 Å². The maximum absolute atomic E-state index is 12.4. The molecule has 0 saturated carbocycles. The summed E-state index contributed by atoms with van der Waals surface area (Å²) in [5.41, 5.74) is 2.98. The Kier molecular flexibility index (Phi) is 6.37. The molecule has 0 saturated heterocycles. The Bertz CT molecular complexity index is 1150. The van der Waals surface area contributed by atoms with Gasteiger partial charge >= 0.3 is 0 Å². The molecule has 4 aromatic rings. The van der Waals surface area contributed by atoms with E-state index >= 15 is 0 Å². The maximum atomic E-state index is 12.4. The van der Waals surface area contributed by atoms with Crippen molar-refractivity contribution in [3.63, 3.8) is 0 Å². The van der Waals surface area contributed by atoms with Gasteiger partial charge in [-0.1, -0.05) is 36.0 Å². The molecule has 0 aliphatic rings. The number of aryl methyl sites for hydroxylation is 1. The van der Waals surface area contributed by atoms with E-state index in [4.69, 9.17) is 4.74 Å². The monoisotopic (exact) mass is 433 g/mol. The summed E-state index contributed by atoms with van der Waals surface area (Å²) in [6.07, 6.45) is 4.46. The number of rotatable bonds is 8. The number of nitrogens with zero attached hydrogens (tertiary/aromatic N) is 4. The molecule has 1 amide bonds. The topological polar surface area (TPSA) is 74.0 Å². The standard InChI is InChI=1S/C23H23N5O2S/c1-17-6-5-7-19(14-17)24-22(29)16-31-23-26-25-21(28(23)27-12-3-4-13-27)15-18-8-10-20(30-2)11-9-18/h3-14H,15-16H2,1-2H3,(H,24,29). The van der Waals surface area contributed by atoms with Gasteiger partial charge in [-0.05, 0) is 54.4 Å². The molecular weight excluding hydrogens is 410 g/mol. The number of benzene rings is 2. The molecule has 158 valence electrons. The summed E-state index contributed by atoms with van der Waals surface area (Å²) in [6, 6.07) is 19.5. The molecule has 0 fully saturated rings. The minimum Gasteiger partial charge on any atom is -0.497 e. The third-order valence-electron chi connectivity index (χ3n) is 4.65. The summed E-state index contributed by atoms with van der Waals surface area (Å²) in [5.74, 6) is 1.74. The number of anilines is 1. The molecule has 0 atom stereocenters. The van der Waals surface area contributed by atoms with Crippen LogP contribution >= 0.6 is 11.8 Å². The largest absolute Gasteiger partial charge is 0.497 e. The zero-order chi connectivity index (χ0) is 21.6. The van der Waals surface area contributed by atoms with Crippen LogP contribution in [0.3, 0.4) is 0 Å². The fourth-order valence-corrected chi connectivity index (χ4v) is 3.92. The predicted octanol–water partition coefficient (Wildman–Crippen LogP) is 4.03. The molecule has 0 unspecified atom stereocenters. The number of hydrogen-bond donors (Lipinski definition) is 1. The van der Waals surface area contributed by atoms with Crippen LogP contribution in [0.5, 0.6) is 5.75 Å². The number of methoxy groups -OCH3 is 1. The number of ether oxygens (including phenoxy) is 1. The van der Waals surface area contributed by atoms with Gasteiger partial charge in [-0.15, -0.1) is 10.2 Å². The van der Waals surface area contributed by atoms with Crippen molar-refractivity contribution in [1.82, 2.24) is 19.5 Å². The van der Waals surface area contributed by atoms with Gasteiger partial charge in [0.25, 0.3) is 0 Å². The summed E-state index contributed by atoms with van der Waals surface area (Å²) < 4.78 is 9.07. The van der Waals surface area contributed by atoms with E-state index in [0.29, 0.717) is 11.6 Å². The normalized spacial score (nSPS) is 10.8. The van der Waals surface area contributed by atoms with E-state index in [-0.39, 0.29) is 11.7 Å². The molecule has 0 spiro atoms. The Hall–Kier alpha value is -3.52. The lowest BCUT2D eigenvalue weighted by Crippen LogP contribution is -2.16. The number of thioether (sulfide) groups is 1. The van der Waals surface area contributed by atoms with Crippen molar-refractivity contribution in [3.8, 4) is 5.75 Å². The summed E-state index contributed by atoms with van der Waals surface area (Å²) >= 11 is 1.35. The molecule has 31 heavy (non-hydrogen) atoms. The number of nitrogens with one attached hydrogen (secondary N) is 1. The van der Waals surface area contributed by atoms with Gasteiger partial charge in [0.1, 0.15) is 5.75 Å². The van der Waals surface area contributed by atoms with Crippen LogP contribution in [0.2, 0.25) is 0 Å². The third kappa shape index (κ3) is 5.16. The van der Waals surface area contributed by atoms with E-state index in [9.17, 15) is 4.79 Å². The molecule has 7 nitrogen and oxygen atoms in total. The quantitative estimate of drug-likeness (QED) is 0.425. The predicted molar refractivity (Wildman–Crippen MR) is 122 cm³/mol. The molecule has 8 heteroatoms. The highest BCUT2D eigenvalue weighted by molar-refractivity contribution is 7.99. The zero-order valence-electron chi connectivity index (χ0n) is 17.4. The van der Waals surface area contributed by atoms with Crippen molar-refractivity contribution in [2.75, 3.05) is 18.2 Å². The summed E-state index contributed by atoms with van der Waals surface area (Å²) in [7, 11) is 1.65. The fourth-order valence-electron chi connectivity index (χ4n) is 3.16. The van der Waals surface area contributed by atoms with Gasteiger partial charge in [0.2, 0.25) is 11.1 Å². The minimum absolute atomic E-state index is 0.0886. The van der Waals surface area contributed by atoms with Crippen LogP contribution in [-0.4, -0.2) is 38.3 Å². The van der Waals surface area contributed by atoms with E-state index in [2.05, 4.69) is 15.5 Å². The molecule has 2 aromatic heterocycles. The number of aromatic nitrogens is 4. The van der Waals surface area contributed by atoms with E-state index in [1.165, 1.54) is 11.8 Å². The minimum atomic E-state index is -0.0886. The molecule has 2 aromatic carbocycles. The fraction of sp³-hybridized carbons (Fsp3) is 0.174. The molecule has 2 heterocycles. The van der Waals surface area contributed by atoms with Crippen LogP contribution in [-0.2, 0) is 11.2 Å². The van der Waals surface area contributed by atoms with Crippen molar-refractivity contribution in [1.29, 1.82) is 0 Å². The van der Waals surface area contributed by atoms with Gasteiger partial charge in [-0.3, -0.25) is 9.47 Å². The lowest BCUT2D eigenvalue weighted by atomic mass is 10.1. The lowest BCUT2D eigenvalue weighted by Gasteiger charge is -2.11. The second-order valence-corrected chi connectivity index (χ2v) is 7.95. The molecule has 0 radical (unpaired) electrons. The molecule has 0 aliphatic carbocycles. The number of carbonyl (C=O) groups excluding carboxylic acids is 1. The van der Waals surface area contributed by atoms with Gasteiger partial charge in [-0.25, -0.2) is 4.68 Å².